The van der Waals surface area contributed by atoms with Crippen LogP contribution in [0.4, 0.5) is 52.7 Å². The maximum atomic E-state index is 15.0. The van der Waals surface area contributed by atoms with Crippen molar-refractivity contribution in [1.29, 1.82) is 0 Å². The standard InChI is InChI=1S/C31H12F12O/c1-13-2-3-18-14(6-13)8-24(36)27(29(18)38)31(42,43)44-17-11-22(34)25(23(35)12-17)15-7-16-9-20(32)19(4-5-30(39,40)41)28(37)26(16)21(33)10-15/h2-3,6-12H,1H3. The number of rotatable bonds is 4. The quantitative estimate of drug-likeness (QED) is 0.142. The number of halogens is 12. The van der Waals surface area contributed by atoms with Gasteiger partial charge in [0.15, 0.2) is 5.82 Å². The lowest BCUT2D eigenvalue weighted by Gasteiger charge is -2.21. The van der Waals surface area contributed by atoms with Crippen molar-refractivity contribution in [2.45, 2.75) is 19.2 Å². The average molecular weight is 628 g/mol. The van der Waals surface area contributed by atoms with Gasteiger partial charge in [-0.1, -0.05) is 29.7 Å². The van der Waals surface area contributed by atoms with E-state index in [4.69, 9.17) is 0 Å². The van der Waals surface area contributed by atoms with Crippen LogP contribution in [0.2, 0.25) is 0 Å². The van der Waals surface area contributed by atoms with Gasteiger partial charge >= 0.3 is 12.3 Å². The monoisotopic (exact) mass is 628 g/mol. The Morgan fingerprint density at radius 3 is 1.91 bits per heavy atom. The minimum absolute atomic E-state index is 0.0335. The van der Waals surface area contributed by atoms with Crippen LogP contribution in [0.3, 0.4) is 0 Å². The Hall–Kier alpha value is -4.86. The van der Waals surface area contributed by atoms with Gasteiger partial charge in [0.05, 0.1) is 16.5 Å². The lowest BCUT2D eigenvalue weighted by molar-refractivity contribution is -0.189. The lowest BCUT2D eigenvalue weighted by Crippen LogP contribution is -2.25. The summed E-state index contributed by atoms with van der Waals surface area (Å²) in [5.74, 6) is -11.1. The van der Waals surface area contributed by atoms with E-state index in [0.717, 1.165) is 6.07 Å². The Kier molecular flexibility index (Phi) is 7.44. The molecular formula is C31H12F12O. The van der Waals surface area contributed by atoms with Gasteiger partial charge in [0.2, 0.25) is 0 Å². The molecule has 0 heterocycles. The van der Waals surface area contributed by atoms with E-state index in [9.17, 15) is 43.9 Å². The summed E-state index contributed by atoms with van der Waals surface area (Å²) in [5, 5.41) is -2.13. The van der Waals surface area contributed by atoms with E-state index in [1.807, 2.05) is 0 Å². The summed E-state index contributed by atoms with van der Waals surface area (Å²) in [6.07, 6.45) is -9.91. The van der Waals surface area contributed by atoms with Crippen molar-refractivity contribution in [2.75, 3.05) is 0 Å². The van der Waals surface area contributed by atoms with Gasteiger partial charge in [-0.3, -0.25) is 0 Å². The van der Waals surface area contributed by atoms with Crippen LogP contribution in [0.25, 0.3) is 32.7 Å². The summed E-state index contributed by atoms with van der Waals surface area (Å²) in [4.78, 5) is 0. The molecule has 0 spiro atoms. The van der Waals surface area contributed by atoms with Crippen LogP contribution in [0.15, 0.2) is 54.6 Å². The van der Waals surface area contributed by atoms with Crippen molar-refractivity contribution in [2.24, 2.45) is 0 Å². The van der Waals surface area contributed by atoms with Gasteiger partial charge < -0.3 is 4.74 Å². The molecule has 13 heteroatoms. The molecule has 0 aliphatic rings. The van der Waals surface area contributed by atoms with Gasteiger partial charge in [-0.25, -0.2) is 30.7 Å². The fourth-order valence-corrected chi connectivity index (χ4v) is 4.60. The molecule has 0 atom stereocenters. The zero-order valence-electron chi connectivity index (χ0n) is 21.6. The first-order chi connectivity index (χ1) is 20.5. The Morgan fingerprint density at radius 2 is 1.27 bits per heavy atom. The fraction of sp³-hybridized carbons (Fsp3) is 0.0968. The van der Waals surface area contributed by atoms with E-state index >= 15 is 8.78 Å². The van der Waals surface area contributed by atoms with Crippen LogP contribution in [0, 0.1) is 59.5 Å². The molecule has 0 saturated heterocycles. The van der Waals surface area contributed by atoms with Crippen molar-refractivity contribution < 1.29 is 57.4 Å². The second kappa shape index (κ2) is 10.7. The van der Waals surface area contributed by atoms with Crippen molar-refractivity contribution in [1.82, 2.24) is 0 Å². The Bertz CT molecular complexity index is 2030. The summed E-state index contributed by atoms with van der Waals surface area (Å²) in [6, 6.07) is 6.32. The highest BCUT2D eigenvalue weighted by atomic mass is 19.4. The third kappa shape index (κ3) is 5.59. The predicted octanol–water partition coefficient (Wildman–Crippen LogP) is 9.98. The van der Waals surface area contributed by atoms with Crippen LogP contribution in [-0.4, -0.2) is 6.18 Å². The summed E-state index contributed by atoms with van der Waals surface area (Å²) in [5.41, 5.74) is -4.44. The summed E-state index contributed by atoms with van der Waals surface area (Å²) in [7, 11) is 0. The molecule has 0 bridgehead atoms. The number of hydrogen-bond acceptors (Lipinski definition) is 1. The molecule has 1 nitrogen and oxygen atoms in total. The number of benzene rings is 5. The number of fused-ring (bicyclic) bond motifs is 2. The van der Waals surface area contributed by atoms with Gasteiger partial charge in [0.1, 0.15) is 46.2 Å². The maximum absolute atomic E-state index is 15.0. The average Bonchev–Trinajstić information content (AvgIpc) is 2.86. The van der Waals surface area contributed by atoms with Crippen molar-refractivity contribution in [3.05, 3.63) is 112 Å². The molecule has 5 aromatic rings. The van der Waals surface area contributed by atoms with Crippen molar-refractivity contribution in [3.63, 3.8) is 0 Å². The maximum Gasteiger partial charge on any atom is 0.458 e. The second-order valence-corrected chi connectivity index (χ2v) is 9.50. The van der Waals surface area contributed by atoms with Crippen molar-refractivity contribution >= 4 is 21.5 Å². The van der Waals surface area contributed by atoms with E-state index in [1.165, 1.54) is 18.1 Å². The molecular weight excluding hydrogens is 616 g/mol. The first-order valence-corrected chi connectivity index (χ1v) is 12.1. The van der Waals surface area contributed by atoms with E-state index in [-0.39, 0.29) is 22.9 Å². The van der Waals surface area contributed by atoms with Crippen LogP contribution in [0.1, 0.15) is 16.7 Å². The molecule has 0 saturated carbocycles. The van der Waals surface area contributed by atoms with Gasteiger partial charge in [-0.05, 0) is 47.5 Å². The Morgan fingerprint density at radius 1 is 0.636 bits per heavy atom. The van der Waals surface area contributed by atoms with Crippen LogP contribution in [0.5, 0.6) is 5.75 Å². The summed E-state index contributed by atoms with van der Waals surface area (Å²) >= 11 is 0. The minimum atomic E-state index is -5.12. The highest BCUT2D eigenvalue weighted by Gasteiger charge is 2.42. The van der Waals surface area contributed by atoms with E-state index in [2.05, 4.69) is 4.74 Å². The summed E-state index contributed by atoms with van der Waals surface area (Å²) < 4.78 is 175. The molecule has 0 aliphatic heterocycles. The molecule has 226 valence electrons. The molecule has 5 rings (SSSR count). The van der Waals surface area contributed by atoms with E-state index < -0.39 is 91.8 Å². The number of alkyl halides is 5. The first kappa shape index (κ1) is 30.6. The molecule has 0 fully saturated rings. The van der Waals surface area contributed by atoms with Gasteiger partial charge in [-0.2, -0.15) is 22.0 Å². The Balaban J connectivity index is 1.54. The van der Waals surface area contributed by atoms with Crippen molar-refractivity contribution in [3.8, 4) is 28.7 Å². The van der Waals surface area contributed by atoms with Gasteiger partial charge in [-0.15, -0.1) is 0 Å². The first-order valence-electron chi connectivity index (χ1n) is 12.1. The molecule has 0 aliphatic carbocycles. The van der Waals surface area contributed by atoms with Gasteiger partial charge in [0, 0.05) is 23.4 Å². The zero-order chi connectivity index (χ0) is 32.3. The van der Waals surface area contributed by atoms with Crippen LogP contribution < -0.4 is 4.74 Å². The number of aryl methyl sites for hydroxylation is 1. The van der Waals surface area contributed by atoms with Crippen LogP contribution >= 0.6 is 0 Å². The molecule has 0 N–H and O–H groups in total. The minimum Gasteiger partial charge on any atom is -0.429 e. The third-order valence-corrected chi connectivity index (χ3v) is 6.44. The topological polar surface area (TPSA) is 9.23 Å². The van der Waals surface area contributed by atoms with E-state index in [1.54, 1.807) is 6.92 Å². The number of hydrogen-bond donors (Lipinski definition) is 0. The molecule has 0 amide bonds. The molecule has 0 aromatic heterocycles. The highest BCUT2D eigenvalue weighted by Crippen LogP contribution is 2.40. The SMILES string of the molecule is Cc1ccc2c(F)c(C(F)(F)Oc3cc(F)c(-c4cc(F)c5c(F)c(C#CC(F)(F)F)c(F)cc5c4)c(F)c3)c(F)cc2c1. The Labute approximate surface area is 239 Å². The predicted molar refractivity (Wildman–Crippen MR) is 135 cm³/mol. The number of ether oxygens (including phenoxy) is 1. The zero-order valence-corrected chi connectivity index (χ0v) is 21.6. The third-order valence-electron chi connectivity index (χ3n) is 6.44. The summed E-state index contributed by atoms with van der Waals surface area (Å²) in [6.45, 7) is 1.60. The van der Waals surface area contributed by atoms with E-state index in [0.29, 0.717) is 35.7 Å². The second-order valence-electron chi connectivity index (χ2n) is 9.50. The lowest BCUT2D eigenvalue weighted by atomic mass is 9.97. The molecule has 0 unspecified atom stereocenters. The molecule has 0 radical (unpaired) electrons. The molecule has 5 aromatic carbocycles. The van der Waals surface area contributed by atoms with Crippen LogP contribution in [-0.2, 0) is 6.11 Å². The molecule has 44 heavy (non-hydrogen) atoms. The largest absolute Gasteiger partial charge is 0.458 e. The fourth-order valence-electron chi connectivity index (χ4n) is 4.60. The smallest absolute Gasteiger partial charge is 0.429 e. The van der Waals surface area contributed by atoms with Gasteiger partial charge in [0.25, 0.3) is 0 Å². The highest BCUT2D eigenvalue weighted by molar-refractivity contribution is 5.90. The normalized spacial score (nSPS) is 12.0.